The first kappa shape index (κ1) is 21.4. The summed E-state index contributed by atoms with van der Waals surface area (Å²) in [5.41, 5.74) is 2.75. The number of H-pyrrole nitrogens is 1. The highest BCUT2D eigenvalue weighted by atomic mass is 35.5. The second-order valence-electron chi connectivity index (χ2n) is 8.50. The molecule has 0 saturated carbocycles. The number of aromatic nitrogens is 1. The molecule has 4 aromatic rings. The van der Waals surface area contributed by atoms with Crippen molar-refractivity contribution in [3.8, 4) is 11.5 Å². The second-order valence-corrected chi connectivity index (χ2v) is 8.94. The summed E-state index contributed by atoms with van der Waals surface area (Å²) in [6.45, 7) is 1.87. The molecule has 0 unspecified atom stereocenters. The number of hydrogen-bond acceptors (Lipinski definition) is 5. The lowest BCUT2D eigenvalue weighted by Gasteiger charge is -2.36. The van der Waals surface area contributed by atoms with Crippen LogP contribution in [0.1, 0.15) is 15.9 Å². The van der Waals surface area contributed by atoms with Gasteiger partial charge in [-0.15, -0.1) is 0 Å². The number of ketones is 1. The normalized spacial score (nSPS) is 15.1. The predicted octanol–water partition coefficient (Wildman–Crippen LogP) is 5.03. The van der Waals surface area contributed by atoms with Crippen LogP contribution in [0, 0.1) is 0 Å². The minimum Gasteiger partial charge on any atom is -0.454 e. The van der Waals surface area contributed by atoms with Crippen molar-refractivity contribution in [1.29, 1.82) is 0 Å². The van der Waals surface area contributed by atoms with E-state index < -0.39 is 11.7 Å². The van der Waals surface area contributed by atoms with Crippen LogP contribution in [0.4, 0.5) is 5.69 Å². The summed E-state index contributed by atoms with van der Waals surface area (Å²) in [7, 11) is 0. The molecule has 3 aromatic carbocycles. The number of carbonyl (C=O) groups is 2. The van der Waals surface area contributed by atoms with Gasteiger partial charge in [0.1, 0.15) is 17.3 Å². The van der Waals surface area contributed by atoms with Gasteiger partial charge >= 0.3 is 0 Å². The van der Waals surface area contributed by atoms with Crippen LogP contribution >= 0.6 is 11.6 Å². The number of aliphatic imine (C=N–C) groups is 1. The highest BCUT2D eigenvalue weighted by Crippen LogP contribution is 2.39. The highest BCUT2D eigenvalue weighted by Gasteiger charge is 2.31. The molecule has 174 valence electrons. The van der Waals surface area contributed by atoms with Crippen LogP contribution in [-0.4, -0.2) is 58.5 Å². The van der Waals surface area contributed by atoms with Crippen molar-refractivity contribution in [2.75, 3.05) is 26.2 Å². The van der Waals surface area contributed by atoms with E-state index >= 15 is 0 Å². The molecule has 1 saturated heterocycles. The van der Waals surface area contributed by atoms with Crippen molar-refractivity contribution in [2.24, 2.45) is 4.99 Å². The average molecular weight is 485 g/mol. The molecule has 6 rings (SSSR count). The Morgan fingerprint density at radius 3 is 2.54 bits per heavy atom. The molecule has 2 aliphatic heterocycles. The Morgan fingerprint density at radius 1 is 0.914 bits per heavy atom. The predicted molar refractivity (Wildman–Crippen MR) is 135 cm³/mol. The number of nitrogens with zero attached hydrogens (tertiary/aromatic N) is 3. The number of benzene rings is 3. The molecular formula is C27H21ClN4O3. The summed E-state index contributed by atoms with van der Waals surface area (Å²) in [6, 6.07) is 20.6. The van der Waals surface area contributed by atoms with Crippen LogP contribution < -0.4 is 4.74 Å². The van der Waals surface area contributed by atoms with E-state index in [4.69, 9.17) is 21.3 Å². The molecule has 1 amide bonds. The molecule has 0 aliphatic carbocycles. The zero-order valence-electron chi connectivity index (χ0n) is 18.7. The number of Topliss-reactive ketones (excluding diaryl/α,β-unsaturated/α-hetero) is 1. The van der Waals surface area contributed by atoms with Gasteiger partial charge in [-0.25, -0.2) is 4.99 Å². The van der Waals surface area contributed by atoms with Gasteiger partial charge in [0.05, 0.1) is 11.1 Å². The zero-order valence-corrected chi connectivity index (χ0v) is 19.5. The minimum absolute atomic E-state index is 0.401. The SMILES string of the molecule is O=C(C(=O)N1CCN(C2=Nc3ccccc3Oc3ccc(Cl)cc32)CC1)c1c[nH]c2ccccc12. The molecule has 0 radical (unpaired) electrons. The quantitative estimate of drug-likeness (QED) is 0.319. The second kappa shape index (κ2) is 8.60. The van der Waals surface area contributed by atoms with Gasteiger partial charge in [-0.1, -0.05) is 41.9 Å². The number of para-hydroxylation sites is 3. The van der Waals surface area contributed by atoms with Crippen molar-refractivity contribution in [1.82, 2.24) is 14.8 Å². The fourth-order valence-electron chi connectivity index (χ4n) is 4.58. The van der Waals surface area contributed by atoms with Crippen LogP contribution in [0.25, 0.3) is 10.9 Å². The van der Waals surface area contributed by atoms with Crippen LogP contribution in [-0.2, 0) is 4.79 Å². The topological polar surface area (TPSA) is 78.0 Å². The molecule has 7 nitrogen and oxygen atoms in total. The third-order valence-corrected chi connectivity index (χ3v) is 6.62. The van der Waals surface area contributed by atoms with Crippen molar-refractivity contribution in [3.63, 3.8) is 0 Å². The average Bonchev–Trinajstić information content (AvgIpc) is 3.25. The Balaban J connectivity index is 1.24. The number of amidine groups is 1. The van der Waals surface area contributed by atoms with E-state index in [0.717, 1.165) is 28.0 Å². The Kier molecular flexibility index (Phi) is 5.26. The summed E-state index contributed by atoms with van der Waals surface area (Å²) in [5, 5.41) is 1.34. The number of halogens is 1. The van der Waals surface area contributed by atoms with Crippen molar-refractivity contribution in [2.45, 2.75) is 0 Å². The Labute approximate surface area is 206 Å². The fourth-order valence-corrected chi connectivity index (χ4v) is 4.75. The van der Waals surface area contributed by atoms with Gasteiger partial charge in [-0.05, 0) is 36.4 Å². The number of rotatable bonds is 2. The monoisotopic (exact) mass is 484 g/mol. The van der Waals surface area contributed by atoms with Crippen LogP contribution in [0.3, 0.4) is 0 Å². The summed E-state index contributed by atoms with van der Waals surface area (Å²) in [6.07, 6.45) is 1.61. The van der Waals surface area contributed by atoms with E-state index in [9.17, 15) is 9.59 Å². The van der Waals surface area contributed by atoms with Crippen molar-refractivity contribution < 1.29 is 14.3 Å². The maximum absolute atomic E-state index is 13.1. The minimum atomic E-state index is -0.498. The maximum atomic E-state index is 13.1. The molecule has 8 heteroatoms. The lowest BCUT2D eigenvalue weighted by atomic mass is 10.1. The highest BCUT2D eigenvalue weighted by molar-refractivity contribution is 6.44. The molecule has 2 aliphatic rings. The van der Waals surface area contributed by atoms with Crippen LogP contribution in [0.2, 0.25) is 5.02 Å². The first-order valence-electron chi connectivity index (χ1n) is 11.4. The van der Waals surface area contributed by atoms with Gasteiger partial charge < -0.3 is 19.5 Å². The fraction of sp³-hybridized carbons (Fsp3) is 0.148. The lowest BCUT2D eigenvalue weighted by molar-refractivity contribution is -0.127. The van der Waals surface area contributed by atoms with Crippen molar-refractivity contribution >= 4 is 45.7 Å². The third-order valence-electron chi connectivity index (χ3n) is 6.39. The van der Waals surface area contributed by atoms with E-state index in [1.807, 2.05) is 60.7 Å². The van der Waals surface area contributed by atoms with Gasteiger partial charge in [0.2, 0.25) is 0 Å². The van der Waals surface area contributed by atoms with Gasteiger partial charge in [0, 0.05) is 48.3 Å². The van der Waals surface area contributed by atoms with Gasteiger partial charge in [0.15, 0.2) is 5.75 Å². The Bertz CT molecular complexity index is 1500. The maximum Gasteiger partial charge on any atom is 0.295 e. The van der Waals surface area contributed by atoms with E-state index in [1.165, 1.54) is 0 Å². The number of piperazine rings is 1. The molecule has 0 spiro atoms. The Hall–Kier alpha value is -4.10. The summed E-state index contributed by atoms with van der Waals surface area (Å²) in [5.74, 6) is 1.09. The lowest BCUT2D eigenvalue weighted by Crippen LogP contribution is -2.52. The van der Waals surface area contributed by atoms with E-state index in [-0.39, 0.29) is 0 Å². The van der Waals surface area contributed by atoms with E-state index in [2.05, 4.69) is 9.88 Å². The summed E-state index contributed by atoms with van der Waals surface area (Å²) in [4.78, 5) is 37.8. The standard InChI is InChI=1S/C27H21ClN4O3/c28-17-9-10-23-19(15-17)26(30-22-7-3-4-8-24(22)35-23)31-11-13-32(14-12-31)27(34)25(33)20-16-29-21-6-2-1-5-18(20)21/h1-10,15-16,29H,11-14H2. The number of aromatic amines is 1. The first-order chi connectivity index (χ1) is 17.1. The molecule has 3 heterocycles. The number of fused-ring (bicyclic) bond motifs is 3. The molecule has 1 N–H and O–H groups in total. The molecule has 1 aromatic heterocycles. The molecule has 0 bridgehead atoms. The van der Waals surface area contributed by atoms with Gasteiger partial charge in [-0.2, -0.15) is 0 Å². The molecule has 1 fully saturated rings. The number of hydrogen-bond donors (Lipinski definition) is 1. The number of amides is 1. The smallest absolute Gasteiger partial charge is 0.295 e. The Morgan fingerprint density at radius 2 is 1.69 bits per heavy atom. The van der Waals surface area contributed by atoms with Gasteiger partial charge in [-0.3, -0.25) is 9.59 Å². The molecule has 0 atom stereocenters. The molecule has 35 heavy (non-hydrogen) atoms. The zero-order chi connectivity index (χ0) is 23.9. The van der Waals surface area contributed by atoms with Crippen molar-refractivity contribution in [3.05, 3.63) is 89.1 Å². The first-order valence-corrected chi connectivity index (χ1v) is 11.8. The third kappa shape index (κ3) is 3.84. The van der Waals surface area contributed by atoms with Crippen LogP contribution in [0.15, 0.2) is 77.9 Å². The number of nitrogens with one attached hydrogen (secondary N) is 1. The van der Waals surface area contributed by atoms with E-state index in [0.29, 0.717) is 48.3 Å². The largest absolute Gasteiger partial charge is 0.454 e. The number of carbonyl (C=O) groups excluding carboxylic acids is 2. The van der Waals surface area contributed by atoms with E-state index in [1.54, 1.807) is 17.2 Å². The van der Waals surface area contributed by atoms with Crippen LogP contribution in [0.5, 0.6) is 11.5 Å². The molecular weight excluding hydrogens is 464 g/mol. The number of ether oxygens (including phenoxy) is 1. The summed E-state index contributed by atoms with van der Waals surface area (Å²) < 4.78 is 6.13. The van der Waals surface area contributed by atoms with Gasteiger partial charge in [0.25, 0.3) is 11.7 Å². The summed E-state index contributed by atoms with van der Waals surface area (Å²) >= 11 is 6.31.